The molecule has 0 amide bonds. The summed E-state index contributed by atoms with van der Waals surface area (Å²) in [7, 11) is 0. The van der Waals surface area contributed by atoms with Gasteiger partial charge >= 0.3 is 0 Å². The minimum atomic E-state index is 0.494. The van der Waals surface area contributed by atoms with Crippen LogP contribution in [0.25, 0.3) is 5.69 Å². The van der Waals surface area contributed by atoms with Crippen LogP contribution in [0.15, 0.2) is 30.6 Å². The molecule has 0 spiro atoms. The average Bonchev–Trinajstić information content (AvgIpc) is 3.00. The van der Waals surface area contributed by atoms with E-state index in [1.807, 2.05) is 23.0 Å². The number of hydrogen-bond donors (Lipinski definition) is 0. The third kappa shape index (κ3) is 2.07. The molecule has 2 heterocycles. The topological polar surface area (TPSA) is 30.7 Å². The molecule has 2 aromatic rings. The summed E-state index contributed by atoms with van der Waals surface area (Å²) in [4.78, 5) is 4.07. The molecule has 1 saturated carbocycles. The predicted molar refractivity (Wildman–Crippen MR) is 67.6 cm³/mol. The predicted octanol–water partition coefficient (Wildman–Crippen LogP) is 3.58. The second kappa shape index (κ2) is 4.49. The zero-order valence-corrected chi connectivity index (χ0v) is 10.3. The van der Waals surface area contributed by atoms with Crippen LogP contribution in [0.1, 0.15) is 37.3 Å². The zero-order chi connectivity index (χ0) is 11.7. The lowest BCUT2D eigenvalue weighted by Gasteiger charge is -2.05. The van der Waals surface area contributed by atoms with E-state index in [0.29, 0.717) is 11.1 Å². The van der Waals surface area contributed by atoms with Gasteiger partial charge in [-0.05, 0) is 31.0 Å². The molecule has 4 heteroatoms. The first-order valence-corrected chi connectivity index (χ1v) is 6.39. The number of nitrogens with zero attached hydrogens (tertiary/aromatic N) is 3. The van der Waals surface area contributed by atoms with Gasteiger partial charge in [0.25, 0.3) is 0 Å². The molecule has 3 rings (SSSR count). The summed E-state index contributed by atoms with van der Waals surface area (Å²) in [5, 5.41) is 5.11. The number of rotatable bonds is 2. The first-order chi connectivity index (χ1) is 8.34. The Morgan fingerprint density at radius 2 is 2.06 bits per heavy atom. The molecule has 3 nitrogen and oxygen atoms in total. The van der Waals surface area contributed by atoms with Crippen LogP contribution in [0, 0.1) is 0 Å². The Morgan fingerprint density at radius 3 is 2.82 bits per heavy atom. The second-order valence-corrected chi connectivity index (χ2v) is 4.84. The van der Waals surface area contributed by atoms with Gasteiger partial charge < -0.3 is 0 Å². The molecule has 0 saturated heterocycles. The van der Waals surface area contributed by atoms with E-state index in [1.54, 1.807) is 6.20 Å². The molecular weight excluding hydrogens is 234 g/mol. The minimum absolute atomic E-state index is 0.494. The lowest BCUT2D eigenvalue weighted by molar-refractivity contribution is 0.678. The SMILES string of the molecule is Clc1ncccc1-n1ccc(C2CCCC2)n1. The fraction of sp³-hybridized carbons (Fsp3) is 0.385. The summed E-state index contributed by atoms with van der Waals surface area (Å²) < 4.78 is 1.82. The molecule has 2 aromatic heterocycles. The Morgan fingerprint density at radius 1 is 1.24 bits per heavy atom. The molecule has 0 bridgehead atoms. The fourth-order valence-corrected chi connectivity index (χ4v) is 2.67. The molecular formula is C13H14ClN3. The highest BCUT2D eigenvalue weighted by Crippen LogP contribution is 2.33. The Bertz CT molecular complexity index is 515. The minimum Gasteiger partial charge on any atom is -0.242 e. The van der Waals surface area contributed by atoms with E-state index in [9.17, 15) is 0 Å². The third-order valence-corrected chi connectivity index (χ3v) is 3.66. The molecule has 0 unspecified atom stereocenters. The molecule has 1 aliphatic rings. The maximum atomic E-state index is 6.06. The summed E-state index contributed by atoms with van der Waals surface area (Å²) >= 11 is 6.06. The molecule has 17 heavy (non-hydrogen) atoms. The van der Waals surface area contributed by atoms with E-state index in [1.165, 1.54) is 31.4 Å². The van der Waals surface area contributed by atoms with Crippen molar-refractivity contribution in [1.29, 1.82) is 0 Å². The average molecular weight is 248 g/mol. The zero-order valence-electron chi connectivity index (χ0n) is 9.51. The smallest absolute Gasteiger partial charge is 0.154 e. The van der Waals surface area contributed by atoms with Crippen LogP contribution in [0.4, 0.5) is 0 Å². The Balaban J connectivity index is 1.92. The van der Waals surface area contributed by atoms with E-state index in [0.717, 1.165) is 5.69 Å². The highest BCUT2D eigenvalue weighted by molar-refractivity contribution is 6.31. The Kier molecular flexibility index (Phi) is 2.85. The summed E-state index contributed by atoms with van der Waals surface area (Å²) in [6.07, 6.45) is 8.83. The van der Waals surface area contributed by atoms with Crippen molar-refractivity contribution in [1.82, 2.24) is 14.8 Å². The third-order valence-electron chi connectivity index (χ3n) is 3.37. The van der Waals surface area contributed by atoms with Crippen molar-refractivity contribution in [3.8, 4) is 5.69 Å². The van der Waals surface area contributed by atoms with Crippen molar-refractivity contribution in [2.24, 2.45) is 0 Å². The summed E-state index contributed by atoms with van der Waals surface area (Å²) in [6, 6.07) is 5.90. The molecule has 0 aliphatic heterocycles. The van der Waals surface area contributed by atoms with E-state index in [2.05, 4.69) is 16.1 Å². The molecule has 0 atom stereocenters. The maximum absolute atomic E-state index is 6.06. The van der Waals surface area contributed by atoms with Crippen molar-refractivity contribution in [2.75, 3.05) is 0 Å². The lowest BCUT2D eigenvalue weighted by atomic mass is 10.1. The van der Waals surface area contributed by atoms with Crippen molar-refractivity contribution >= 4 is 11.6 Å². The first kappa shape index (κ1) is 10.8. The van der Waals surface area contributed by atoms with Crippen LogP contribution in [0.5, 0.6) is 0 Å². The molecule has 0 aromatic carbocycles. The maximum Gasteiger partial charge on any atom is 0.154 e. The van der Waals surface area contributed by atoms with Gasteiger partial charge in [-0.1, -0.05) is 24.4 Å². The Hall–Kier alpha value is -1.35. The van der Waals surface area contributed by atoms with Crippen LogP contribution in [-0.4, -0.2) is 14.8 Å². The summed E-state index contributed by atoms with van der Waals surface area (Å²) in [5.74, 6) is 0.631. The quantitative estimate of drug-likeness (QED) is 0.760. The van der Waals surface area contributed by atoms with Crippen LogP contribution in [0.3, 0.4) is 0 Å². The number of aromatic nitrogens is 3. The van der Waals surface area contributed by atoms with Gasteiger partial charge in [0.05, 0.1) is 5.69 Å². The number of hydrogen-bond acceptors (Lipinski definition) is 2. The van der Waals surface area contributed by atoms with E-state index in [4.69, 9.17) is 11.6 Å². The van der Waals surface area contributed by atoms with Crippen LogP contribution in [-0.2, 0) is 0 Å². The van der Waals surface area contributed by atoms with Crippen molar-refractivity contribution in [2.45, 2.75) is 31.6 Å². The molecule has 0 radical (unpaired) electrons. The fourth-order valence-electron chi connectivity index (χ4n) is 2.46. The van der Waals surface area contributed by atoms with Crippen LogP contribution >= 0.6 is 11.6 Å². The highest BCUT2D eigenvalue weighted by atomic mass is 35.5. The summed E-state index contributed by atoms with van der Waals surface area (Å²) in [6.45, 7) is 0. The summed E-state index contributed by atoms with van der Waals surface area (Å²) in [5.41, 5.74) is 2.03. The van der Waals surface area contributed by atoms with E-state index in [-0.39, 0.29) is 0 Å². The van der Waals surface area contributed by atoms with Gasteiger partial charge in [0, 0.05) is 18.3 Å². The lowest BCUT2D eigenvalue weighted by Crippen LogP contribution is -2.00. The molecule has 1 aliphatic carbocycles. The van der Waals surface area contributed by atoms with Gasteiger partial charge in [-0.2, -0.15) is 5.10 Å². The normalized spacial score (nSPS) is 16.5. The Labute approximate surface area is 105 Å². The highest BCUT2D eigenvalue weighted by Gasteiger charge is 2.19. The molecule has 1 fully saturated rings. The second-order valence-electron chi connectivity index (χ2n) is 4.48. The van der Waals surface area contributed by atoms with Gasteiger partial charge in [0.2, 0.25) is 0 Å². The van der Waals surface area contributed by atoms with Gasteiger partial charge in [0.15, 0.2) is 5.15 Å². The largest absolute Gasteiger partial charge is 0.242 e. The van der Waals surface area contributed by atoms with Crippen molar-refractivity contribution in [3.05, 3.63) is 41.4 Å². The van der Waals surface area contributed by atoms with Gasteiger partial charge in [-0.15, -0.1) is 0 Å². The van der Waals surface area contributed by atoms with Crippen molar-refractivity contribution < 1.29 is 0 Å². The van der Waals surface area contributed by atoms with Crippen LogP contribution in [0.2, 0.25) is 5.15 Å². The first-order valence-electron chi connectivity index (χ1n) is 6.01. The van der Waals surface area contributed by atoms with Crippen LogP contribution < -0.4 is 0 Å². The van der Waals surface area contributed by atoms with E-state index >= 15 is 0 Å². The number of halogens is 1. The monoisotopic (exact) mass is 247 g/mol. The van der Waals surface area contributed by atoms with Crippen molar-refractivity contribution in [3.63, 3.8) is 0 Å². The molecule has 88 valence electrons. The molecule has 0 N–H and O–H groups in total. The van der Waals surface area contributed by atoms with Gasteiger partial charge in [-0.3, -0.25) is 0 Å². The standard InChI is InChI=1S/C13H14ClN3/c14-13-12(6-3-8-15-13)17-9-7-11(16-17)10-4-1-2-5-10/h3,6-10H,1-2,4-5H2. The van der Waals surface area contributed by atoms with E-state index < -0.39 is 0 Å². The number of pyridine rings is 1. The van der Waals surface area contributed by atoms with Gasteiger partial charge in [0.1, 0.15) is 5.69 Å². The van der Waals surface area contributed by atoms with Gasteiger partial charge in [-0.25, -0.2) is 9.67 Å².